The van der Waals surface area contributed by atoms with Crippen LogP contribution in [0.25, 0.3) is 11.0 Å². The number of imidazole rings is 1. The lowest BCUT2D eigenvalue weighted by Crippen LogP contribution is -2.35. The summed E-state index contributed by atoms with van der Waals surface area (Å²) in [4.78, 5) is 17.4. The van der Waals surface area contributed by atoms with Crippen molar-refractivity contribution in [1.29, 1.82) is 10.8 Å². The summed E-state index contributed by atoms with van der Waals surface area (Å²) >= 11 is 0. The molecule has 8 nitrogen and oxygen atoms in total. The Labute approximate surface area is 180 Å². The zero-order chi connectivity index (χ0) is 22.8. The van der Waals surface area contributed by atoms with Crippen molar-refractivity contribution in [3.63, 3.8) is 0 Å². The van der Waals surface area contributed by atoms with Gasteiger partial charge < -0.3 is 10.1 Å². The highest BCUT2D eigenvalue weighted by atomic mass is 19.3. The van der Waals surface area contributed by atoms with Gasteiger partial charge in [0.25, 0.3) is 5.90 Å². The van der Waals surface area contributed by atoms with Crippen LogP contribution in [-0.2, 0) is 11.3 Å². The van der Waals surface area contributed by atoms with Gasteiger partial charge in [0.15, 0.2) is 0 Å². The number of aromatic nitrogens is 3. The van der Waals surface area contributed by atoms with Crippen molar-refractivity contribution in [3.8, 4) is 0 Å². The van der Waals surface area contributed by atoms with E-state index in [1.807, 2.05) is 0 Å². The molecule has 0 bridgehead atoms. The molecule has 168 valence electrons. The molecule has 3 N–H and O–H groups in total. The standard InChI is InChI=1S/C21H21F3N6O2/c22-15-2-1-3-16-17(15)29(21(31)30(16)14-6-8-27-9-7-14)11-13-5-4-12(10-28-13)19(25)32-20(26)18(23)24/h1-5,10,14,18,25-27H,6-9,11H2. The van der Waals surface area contributed by atoms with Crippen molar-refractivity contribution >= 4 is 22.8 Å². The number of nitrogens with zero attached hydrogens (tertiary/aromatic N) is 3. The number of ether oxygens (including phenoxy) is 1. The smallest absolute Gasteiger partial charge is 0.329 e. The zero-order valence-corrected chi connectivity index (χ0v) is 16.9. The van der Waals surface area contributed by atoms with Crippen LogP contribution in [0.2, 0.25) is 0 Å². The highest BCUT2D eigenvalue weighted by molar-refractivity contribution is 5.99. The van der Waals surface area contributed by atoms with Gasteiger partial charge in [-0.3, -0.25) is 24.9 Å². The summed E-state index contributed by atoms with van der Waals surface area (Å²) in [6, 6.07) is 7.49. The van der Waals surface area contributed by atoms with E-state index in [1.54, 1.807) is 16.7 Å². The lowest BCUT2D eigenvalue weighted by atomic mass is 10.1. The van der Waals surface area contributed by atoms with Crippen LogP contribution < -0.4 is 11.0 Å². The second kappa shape index (κ2) is 8.95. The molecule has 1 aliphatic rings. The van der Waals surface area contributed by atoms with Crippen LogP contribution in [0.4, 0.5) is 13.2 Å². The third-order valence-electron chi connectivity index (χ3n) is 5.42. The van der Waals surface area contributed by atoms with Crippen molar-refractivity contribution in [3.05, 3.63) is 64.1 Å². The first-order chi connectivity index (χ1) is 15.4. The number of rotatable bonds is 5. The maximum absolute atomic E-state index is 14.7. The molecule has 3 heterocycles. The van der Waals surface area contributed by atoms with E-state index >= 15 is 0 Å². The Morgan fingerprint density at radius 1 is 1.22 bits per heavy atom. The summed E-state index contributed by atoms with van der Waals surface area (Å²) in [5, 5.41) is 17.9. The van der Waals surface area contributed by atoms with Crippen molar-refractivity contribution in [2.24, 2.45) is 0 Å². The Morgan fingerprint density at radius 3 is 2.62 bits per heavy atom. The molecule has 32 heavy (non-hydrogen) atoms. The molecule has 11 heteroatoms. The van der Waals surface area contributed by atoms with Crippen LogP contribution in [0.3, 0.4) is 0 Å². The quantitative estimate of drug-likeness (QED) is 0.414. The van der Waals surface area contributed by atoms with Gasteiger partial charge in [-0.1, -0.05) is 6.07 Å². The predicted molar refractivity (Wildman–Crippen MR) is 112 cm³/mol. The number of hydrogen-bond acceptors (Lipinski definition) is 6. The zero-order valence-electron chi connectivity index (χ0n) is 16.9. The van der Waals surface area contributed by atoms with Crippen molar-refractivity contribution in [2.75, 3.05) is 13.1 Å². The first-order valence-corrected chi connectivity index (χ1v) is 10.0. The maximum Gasteiger partial charge on any atom is 0.329 e. The van der Waals surface area contributed by atoms with Gasteiger partial charge in [0.05, 0.1) is 23.3 Å². The second-order valence-electron chi connectivity index (χ2n) is 7.46. The Balaban J connectivity index is 1.65. The van der Waals surface area contributed by atoms with Gasteiger partial charge in [-0.15, -0.1) is 0 Å². The van der Waals surface area contributed by atoms with E-state index in [4.69, 9.17) is 10.8 Å². The molecule has 0 unspecified atom stereocenters. The number of fused-ring (bicyclic) bond motifs is 1. The molecular formula is C21H21F3N6O2. The van der Waals surface area contributed by atoms with Crippen LogP contribution in [0, 0.1) is 16.6 Å². The summed E-state index contributed by atoms with van der Waals surface area (Å²) in [6.45, 7) is 1.55. The fourth-order valence-electron chi connectivity index (χ4n) is 3.89. The molecule has 1 aliphatic heterocycles. The van der Waals surface area contributed by atoms with Crippen LogP contribution in [0.1, 0.15) is 30.1 Å². The first kappa shape index (κ1) is 21.8. The van der Waals surface area contributed by atoms with E-state index in [1.165, 1.54) is 29.0 Å². The van der Waals surface area contributed by atoms with Crippen molar-refractivity contribution < 1.29 is 17.9 Å². The van der Waals surface area contributed by atoms with Gasteiger partial charge in [0.2, 0.25) is 5.90 Å². The normalized spacial score (nSPS) is 14.8. The summed E-state index contributed by atoms with van der Waals surface area (Å²) in [6.07, 6.45) is -0.373. The van der Waals surface area contributed by atoms with Gasteiger partial charge in [-0.25, -0.2) is 9.18 Å². The molecule has 4 rings (SSSR count). The molecule has 1 aromatic carbocycles. The maximum atomic E-state index is 14.7. The fraction of sp³-hybridized carbons (Fsp3) is 0.333. The monoisotopic (exact) mass is 446 g/mol. The Kier molecular flexibility index (Phi) is 6.08. The minimum absolute atomic E-state index is 0.00440. The topological polar surface area (TPSA) is 109 Å². The van der Waals surface area contributed by atoms with Crippen LogP contribution in [-0.4, -0.2) is 45.4 Å². The number of para-hydroxylation sites is 1. The molecule has 1 saturated heterocycles. The first-order valence-electron chi connectivity index (χ1n) is 10.0. The number of halogens is 3. The third-order valence-corrected chi connectivity index (χ3v) is 5.42. The molecule has 1 fully saturated rings. The Morgan fingerprint density at radius 2 is 1.97 bits per heavy atom. The van der Waals surface area contributed by atoms with Gasteiger partial charge in [-0.05, 0) is 50.2 Å². The molecule has 0 radical (unpaired) electrons. The summed E-state index contributed by atoms with van der Waals surface area (Å²) in [7, 11) is 0. The average molecular weight is 446 g/mol. The van der Waals surface area contributed by atoms with Crippen molar-refractivity contribution in [1.82, 2.24) is 19.4 Å². The number of hydrogen-bond donors (Lipinski definition) is 3. The largest absolute Gasteiger partial charge is 0.419 e. The molecule has 0 saturated carbocycles. The van der Waals surface area contributed by atoms with E-state index in [0.717, 1.165) is 25.9 Å². The predicted octanol–water partition coefficient (Wildman–Crippen LogP) is 2.89. The Hall–Kier alpha value is -3.47. The van der Waals surface area contributed by atoms with E-state index in [2.05, 4.69) is 15.0 Å². The van der Waals surface area contributed by atoms with Crippen LogP contribution in [0.15, 0.2) is 41.3 Å². The number of alkyl halides is 2. The van der Waals surface area contributed by atoms with Crippen LogP contribution in [0.5, 0.6) is 0 Å². The molecule has 0 spiro atoms. The Bertz CT molecular complexity index is 1210. The minimum Gasteiger partial charge on any atom is -0.419 e. The summed E-state index contributed by atoms with van der Waals surface area (Å²) in [5.74, 6) is -2.48. The molecule has 0 amide bonds. The highest BCUT2D eigenvalue weighted by Crippen LogP contribution is 2.25. The molecule has 0 atom stereocenters. The van der Waals surface area contributed by atoms with Gasteiger partial charge >= 0.3 is 12.1 Å². The third kappa shape index (κ3) is 4.15. The number of benzene rings is 1. The average Bonchev–Trinajstić information content (AvgIpc) is 3.07. The van der Waals surface area contributed by atoms with E-state index in [-0.39, 0.29) is 29.4 Å². The van der Waals surface area contributed by atoms with Gasteiger partial charge in [0, 0.05) is 12.2 Å². The van der Waals surface area contributed by atoms with Crippen molar-refractivity contribution in [2.45, 2.75) is 31.9 Å². The fourth-order valence-corrected chi connectivity index (χ4v) is 3.89. The molecule has 2 aromatic heterocycles. The second-order valence-corrected chi connectivity index (χ2v) is 7.46. The summed E-state index contributed by atoms with van der Waals surface area (Å²) in [5.41, 5.74) is 0.905. The van der Waals surface area contributed by atoms with Gasteiger partial charge in [-0.2, -0.15) is 8.78 Å². The van der Waals surface area contributed by atoms with E-state index in [9.17, 15) is 18.0 Å². The number of pyridine rings is 1. The van der Waals surface area contributed by atoms with Crippen LogP contribution >= 0.6 is 0 Å². The van der Waals surface area contributed by atoms with E-state index in [0.29, 0.717) is 11.2 Å². The molecule has 0 aliphatic carbocycles. The van der Waals surface area contributed by atoms with Gasteiger partial charge in [0.1, 0.15) is 11.3 Å². The SMILES string of the molecule is N=C(OC(=N)C(F)F)c1ccc(Cn2c(=O)n(C3CCNCC3)c3cccc(F)c32)nc1. The lowest BCUT2D eigenvalue weighted by molar-refractivity contribution is 0.197. The lowest BCUT2D eigenvalue weighted by Gasteiger charge is -2.23. The molecular weight excluding hydrogens is 425 g/mol. The number of nitrogens with one attached hydrogen (secondary N) is 3. The molecule has 3 aromatic rings. The van der Waals surface area contributed by atoms with E-state index < -0.39 is 24.0 Å². The minimum atomic E-state index is -3.12. The number of piperidine rings is 1. The summed E-state index contributed by atoms with van der Waals surface area (Å²) < 4.78 is 47.0. The highest BCUT2D eigenvalue weighted by Gasteiger charge is 2.24.